The second-order valence-electron chi connectivity index (χ2n) is 3.83. The van der Waals surface area contributed by atoms with Crippen molar-refractivity contribution in [1.29, 1.82) is 0 Å². The summed E-state index contributed by atoms with van der Waals surface area (Å²) in [5.41, 5.74) is 0.197. The van der Waals surface area contributed by atoms with E-state index in [1.165, 1.54) is 12.1 Å². The Labute approximate surface area is 117 Å². The third kappa shape index (κ3) is 4.15. The Morgan fingerprint density at radius 2 is 1.74 bits per heavy atom. The molecular formula is C12H12BrNO5. The van der Waals surface area contributed by atoms with Crippen molar-refractivity contribution in [3.05, 3.63) is 34.3 Å². The summed E-state index contributed by atoms with van der Waals surface area (Å²) in [4.78, 5) is 33.8. The number of carbonyl (C=O) groups excluding carboxylic acids is 2. The SMILES string of the molecule is CC(=O)NC(C(=O)c1ccc(Br)cc1)C(O)C(=O)O. The Morgan fingerprint density at radius 1 is 1.21 bits per heavy atom. The zero-order valence-electron chi connectivity index (χ0n) is 9.96. The molecule has 2 unspecified atom stereocenters. The maximum Gasteiger partial charge on any atom is 0.335 e. The summed E-state index contributed by atoms with van der Waals surface area (Å²) in [6.45, 7) is 1.14. The van der Waals surface area contributed by atoms with Crippen LogP contribution in [0, 0.1) is 0 Å². The average molecular weight is 330 g/mol. The van der Waals surface area contributed by atoms with Crippen molar-refractivity contribution < 1.29 is 24.6 Å². The molecule has 0 radical (unpaired) electrons. The fraction of sp³-hybridized carbons (Fsp3) is 0.250. The minimum atomic E-state index is -2.00. The van der Waals surface area contributed by atoms with Gasteiger partial charge in [-0.05, 0) is 12.1 Å². The highest BCUT2D eigenvalue weighted by Gasteiger charge is 2.33. The summed E-state index contributed by atoms with van der Waals surface area (Å²) < 4.78 is 0.749. The van der Waals surface area contributed by atoms with Crippen LogP contribution in [0.25, 0.3) is 0 Å². The molecule has 3 N–H and O–H groups in total. The maximum absolute atomic E-state index is 12.1. The zero-order valence-corrected chi connectivity index (χ0v) is 11.5. The first kappa shape index (κ1) is 15.3. The molecule has 102 valence electrons. The highest BCUT2D eigenvalue weighted by Crippen LogP contribution is 2.13. The van der Waals surface area contributed by atoms with Gasteiger partial charge in [-0.2, -0.15) is 0 Å². The molecule has 0 aromatic heterocycles. The molecule has 0 heterocycles. The Hall–Kier alpha value is -1.73. The van der Waals surface area contributed by atoms with Crippen LogP contribution in [0.4, 0.5) is 0 Å². The molecule has 0 spiro atoms. The van der Waals surface area contributed by atoms with Gasteiger partial charge in [0.15, 0.2) is 11.9 Å². The number of aliphatic carboxylic acids is 1. The van der Waals surface area contributed by atoms with E-state index in [-0.39, 0.29) is 5.56 Å². The number of nitrogens with one attached hydrogen (secondary N) is 1. The van der Waals surface area contributed by atoms with E-state index in [0.29, 0.717) is 0 Å². The molecule has 1 aromatic rings. The number of hydrogen-bond acceptors (Lipinski definition) is 4. The zero-order chi connectivity index (χ0) is 14.6. The van der Waals surface area contributed by atoms with Gasteiger partial charge < -0.3 is 15.5 Å². The van der Waals surface area contributed by atoms with Crippen molar-refractivity contribution in [2.24, 2.45) is 0 Å². The number of aliphatic hydroxyl groups excluding tert-OH is 1. The average Bonchev–Trinajstić information content (AvgIpc) is 2.35. The highest BCUT2D eigenvalue weighted by atomic mass is 79.9. The molecule has 6 nitrogen and oxygen atoms in total. The van der Waals surface area contributed by atoms with Gasteiger partial charge in [-0.15, -0.1) is 0 Å². The maximum atomic E-state index is 12.1. The minimum absolute atomic E-state index is 0.197. The summed E-state index contributed by atoms with van der Waals surface area (Å²) in [5, 5.41) is 20.4. The lowest BCUT2D eigenvalue weighted by Crippen LogP contribution is -2.51. The van der Waals surface area contributed by atoms with E-state index in [9.17, 15) is 19.5 Å². The molecule has 0 saturated carbocycles. The van der Waals surface area contributed by atoms with Crippen LogP contribution in [-0.4, -0.2) is 40.0 Å². The van der Waals surface area contributed by atoms with Crippen LogP contribution in [-0.2, 0) is 9.59 Å². The second kappa shape index (κ2) is 6.44. The summed E-state index contributed by atoms with van der Waals surface area (Å²) in [6.07, 6.45) is -2.00. The van der Waals surface area contributed by atoms with Gasteiger partial charge in [0.1, 0.15) is 6.04 Å². The molecule has 19 heavy (non-hydrogen) atoms. The molecule has 1 amide bonds. The third-order valence-corrected chi connectivity index (χ3v) is 2.87. The number of ketones is 1. The van der Waals surface area contributed by atoms with Crippen LogP contribution < -0.4 is 5.32 Å². The normalized spacial score (nSPS) is 13.4. The molecule has 1 aromatic carbocycles. The lowest BCUT2D eigenvalue weighted by atomic mass is 9.99. The van der Waals surface area contributed by atoms with E-state index in [1.54, 1.807) is 12.1 Å². The Morgan fingerprint density at radius 3 is 2.16 bits per heavy atom. The van der Waals surface area contributed by atoms with Crippen molar-refractivity contribution in [1.82, 2.24) is 5.32 Å². The molecule has 0 bridgehead atoms. The highest BCUT2D eigenvalue weighted by molar-refractivity contribution is 9.10. The van der Waals surface area contributed by atoms with Gasteiger partial charge in [-0.3, -0.25) is 9.59 Å². The van der Waals surface area contributed by atoms with E-state index < -0.39 is 29.8 Å². The fourth-order valence-electron chi connectivity index (χ4n) is 1.44. The lowest BCUT2D eigenvalue weighted by molar-refractivity contribution is -0.147. The van der Waals surface area contributed by atoms with Gasteiger partial charge >= 0.3 is 5.97 Å². The summed E-state index contributed by atoms with van der Waals surface area (Å²) in [7, 11) is 0. The molecule has 0 fully saturated rings. The number of carboxylic acid groups (broad SMARTS) is 1. The number of carbonyl (C=O) groups is 3. The van der Waals surface area contributed by atoms with Crippen LogP contribution in [0.5, 0.6) is 0 Å². The topological polar surface area (TPSA) is 104 Å². The van der Waals surface area contributed by atoms with Gasteiger partial charge in [-0.1, -0.05) is 28.1 Å². The van der Waals surface area contributed by atoms with E-state index in [4.69, 9.17) is 5.11 Å². The summed E-state index contributed by atoms with van der Waals surface area (Å²) >= 11 is 3.20. The number of benzene rings is 1. The quantitative estimate of drug-likeness (QED) is 0.685. The smallest absolute Gasteiger partial charge is 0.335 e. The summed E-state index contributed by atoms with van der Waals surface area (Å²) in [5.74, 6) is -2.85. The van der Waals surface area contributed by atoms with Crippen molar-refractivity contribution in [2.45, 2.75) is 19.1 Å². The van der Waals surface area contributed by atoms with Gasteiger partial charge in [0.25, 0.3) is 0 Å². The molecule has 0 aliphatic heterocycles. The van der Waals surface area contributed by atoms with Gasteiger partial charge in [0, 0.05) is 17.0 Å². The molecule has 0 saturated heterocycles. The molecule has 0 aliphatic rings. The minimum Gasteiger partial charge on any atom is -0.479 e. The van der Waals surface area contributed by atoms with E-state index in [1.807, 2.05) is 0 Å². The number of Topliss-reactive ketones (excluding diaryl/α,β-unsaturated/α-hetero) is 1. The number of hydrogen-bond donors (Lipinski definition) is 3. The fourth-order valence-corrected chi connectivity index (χ4v) is 1.71. The second-order valence-corrected chi connectivity index (χ2v) is 4.75. The Kier molecular flexibility index (Phi) is 5.20. The van der Waals surface area contributed by atoms with Crippen LogP contribution in [0.1, 0.15) is 17.3 Å². The number of amides is 1. The molecule has 1 rings (SSSR count). The van der Waals surface area contributed by atoms with Crippen molar-refractivity contribution in [3.63, 3.8) is 0 Å². The van der Waals surface area contributed by atoms with Gasteiger partial charge in [-0.25, -0.2) is 4.79 Å². The van der Waals surface area contributed by atoms with E-state index in [0.717, 1.165) is 11.4 Å². The van der Waals surface area contributed by atoms with Gasteiger partial charge in [0.05, 0.1) is 0 Å². The number of aliphatic hydroxyl groups is 1. The summed E-state index contributed by atoms with van der Waals surface area (Å²) in [6, 6.07) is 4.62. The van der Waals surface area contributed by atoms with Crippen molar-refractivity contribution >= 4 is 33.6 Å². The monoisotopic (exact) mass is 329 g/mol. The Bertz CT molecular complexity index is 499. The predicted molar refractivity (Wildman–Crippen MR) is 69.7 cm³/mol. The number of rotatable bonds is 5. The van der Waals surface area contributed by atoms with Crippen LogP contribution >= 0.6 is 15.9 Å². The third-order valence-electron chi connectivity index (χ3n) is 2.34. The van der Waals surface area contributed by atoms with Crippen molar-refractivity contribution in [3.8, 4) is 0 Å². The predicted octanol–water partition coefficient (Wildman–Crippen LogP) is 0.582. The molecule has 0 aliphatic carbocycles. The molecule has 7 heteroatoms. The number of halogens is 1. The van der Waals surface area contributed by atoms with Crippen LogP contribution in [0.15, 0.2) is 28.7 Å². The van der Waals surface area contributed by atoms with Crippen LogP contribution in [0.3, 0.4) is 0 Å². The van der Waals surface area contributed by atoms with Gasteiger partial charge in [0.2, 0.25) is 5.91 Å². The largest absolute Gasteiger partial charge is 0.479 e. The number of carboxylic acids is 1. The lowest BCUT2D eigenvalue weighted by Gasteiger charge is -2.19. The molecular weight excluding hydrogens is 318 g/mol. The Balaban J connectivity index is 3.03. The first-order chi connectivity index (χ1) is 8.82. The van der Waals surface area contributed by atoms with E-state index in [2.05, 4.69) is 21.2 Å². The standard InChI is InChI=1S/C12H12BrNO5/c1-6(15)14-9(11(17)12(18)19)10(16)7-2-4-8(13)5-3-7/h2-5,9,11,17H,1H3,(H,14,15)(H,18,19). The first-order valence-electron chi connectivity index (χ1n) is 5.30. The van der Waals surface area contributed by atoms with E-state index >= 15 is 0 Å². The van der Waals surface area contributed by atoms with Crippen LogP contribution in [0.2, 0.25) is 0 Å². The van der Waals surface area contributed by atoms with Crippen molar-refractivity contribution in [2.75, 3.05) is 0 Å². The first-order valence-corrected chi connectivity index (χ1v) is 6.10. The molecule has 2 atom stereocenters.